The van der Waals surface area contributed by atoms with E-state index in [1.165, 1.54) is 0 Å². The van der Waals surface area contributed by atoms with Gasteiger partial charge >= 0.3 is 0 Å². The Balaban J connectivity index is 1.57. The van der Waals surface area contributed by atoms with Crippen LogP contribution in [0.3, 0.4) is 0 Å². The largest absolute Gasteiger partial charge is 0.497 e. The van der Waals surface area contributed by atoms with Crippen LogP contribution < -0.4 is 10.1 Å². The summed E-state index contributed by atoms with van der Waals surface area (Å²) in [6, 6.07) is 9.39. The van der Waals surface area contributed by atoms with Crippen molar-refractivity contribution in [3.05, 3.63) is 59.2 Å². The fourth-order valence-corrected chi connectivity index (χ4v) is 3.33. The standard InChI is InChI=1S/C20H22N6O2/c1-12-9-16(13(2)26(12)11-14-7-8-25(3)24-14)19(27)23-20-21-17-6-5-15(28-4)10-18(17)22-20/h5-10H,11H2,1-4H3,(H2,21,22,23,27). The Kier molecular flexibility index (Phi) is 4.38. The molecule has 3 heterocycles. The third kappa shape index (κ3) is 3.24. The summed E-state index contributed by atoms with van der Waals surface area (Å²) in [6.07, 6.45) is 1.91. The average Bonchev–Trinajstić information content (AvgIpc) is 3.34. The molecule has 2 N–H and O–H groups in total. The summed E-state index contributed by atoms with van der Waals surface area (Å²) >= 11 is 0. The van der Waals surface area contributed by atoms with Gasteiger partial charge in [0.2, 0.25) is 5.95 Å². The van der Waals surface area contributed by atoms with Crippen molar-refractivity contribution in [2.24, 2.45) is 7.05 Å². The first-order chi connectivity index (χ1) is 13.4. The van der Waals surface area contributed by atoms with Crippen LogP contribution in [-0.2, 0) is 13.6 Å². The number of amides is 1. The highest BCUT2D eigenvalue weighted by Gasteiger charge is 2.18. The van der Waals surface area contributed by atoms with E-state index in [1.807, 2.05) is 57.4 Å². The van der Waals surface area contributed by atoms with Gasteiger partial charge in [-0.05, 0) is 38.1 Å². The number of ether oxygens (including phenoxy) is 1. The molecule has 0 atom stereocenters. The van der Waals surface area contributed by atoms with E-state index in [0.717, 1.165) is 33.9 Å². The first-order valence-electron chi connectivity index (χ1n) is 8.95. The molecule has 0 aliphatic rings. The lowest BCUT2D eigenvalue weighted by Gasteiger charge is -2.08. The highest BCUT2D eigenvalue weighted by Crippen LogP contribution is 2.22. The van der Waals surface area contributed by atoms with Gasteiger partial charge in [0.1, 0.15) is 5.75 Å². The monoisotopic (exact) mass is 378 g/mol. The maximum Gasteiger partial charge on any atom is 0.259 e. The fourth-order valence-electron chi connectivity index (χ4n) is 3.33. The van der Waals surface area contributed by atoms with E-state index in [1.54, 1.807) is 11.8 Å². The number of carbonyl (C=O) groups excluding carboxylic acids is 1. The van der Waals surface area contributed by atoms with Crippen LogP contribution in [0.15, 0.2) is 36.5 Å². The van der Waals surface area contributed by atoms with Crippen molar-refractivity contribution in [3.63, 3.8) is 0 Å². The van der Waals surface area contributed by atoms with Gasteiger partial charge in [-0.25, -0.2) is 4.98 Å². The molecule has 8 heteroatoms. The highest BCUT2D eigenvalue weighted by molar-refractivity contribution is 6.05. The van der Waals surface area contributed by atoms with Gasteiger partial charge in [0.25, 0.3) is 5.91 Å². The zero-order valence-corrected chi connectivity index (χ0v) is 16.3. The molecule has 0 fully saturated rings. The van der Waals surface area contributed by atoms with Crippen molar-refractivity contribution in [1.82, 2.24) is 24.3 Å². The molecular formula is C20H22N6O2. The zero-order valence-electron chi connectivity index (χ0n) is 16.3. The fraction of sp³-hybridized carbons (Fsp3) is 0.250. The Bertz CT molecular complexity index is 1170. The number of H-pyrrole nitrogens is 1. The molecule has 3 aromatic heterocycles. The molecular weight excluding hydrogens is 356 g/mol. The van der Waals surface area contributed by atoms with E-state index >= 15 is 0 Å². The summed E-state index contributed by atoms with van der Waals surface area (Å²) in [6.45, 7) is 4.55. The second-order valence-electron chi connectivity index (χ2n) is 6.77. The lowest BCUT2D eigenvalue weighted by atomic mass is 10.2. The third-order valence-electron chi connectivity index (χ3n) is 4.83. The van der Waals surface area contributed by atoms with Crippen LogP contribution in [0.2, 0.25) is 0 Å². The Morgan fingerprint density at radius 1 is 1.25 bits per heavy atom. The quantitative estimate of drug-likeness (QED) is 0.559. The van der Waals surface area contributed by atoms with Crippen LogP contribution in [0.25, 0.3) is 11.0 Å². The minimum atomic E-state index is -0.202. The van der Waals surface area contributed by atoms with Crippen LogP contribution in [-0.4, -0.2) is 37.3 Å². The summed E-state index contributed by atoms with van der Waals surface area (Å²) in [4.78, 5) is 20.4. The van der Waals surface area contributed by atoms with E-state index in [0.29, 0.717) is 18.1 Å². The third-order valence-corrected chi connectivity index (χ3v) is 4.83. The number of benzene rings is 1. The predicted molar refractivity (Wildman–Crippen MR) is 107 cm³/mol. The van der Waals surface area contributed by atoms with Crippen LogP contribution >= 0.6 is 0 Å². The maximum absolute atomic E-state index is 12.8. The summed E-state index contributed by atoms with van der Waals surface area (Å²) < 4.78 is 9.08. The van der Waals surface area contributed by atoms with Gasteiger partial charge in [0.15, 0.2) is 0 Å². The number of aromatic amines is 1. The molecule has 1 amide bonds. The smallest absolute Gasteiger partial charge is 0.259 e. The molecule has 4 aromatic rings. The second kappa shape index (κ2) is 6.88. The molecule has 0 aliphatic carbocycles. The minimum absolute atomic E-state index is 0.202. The van der Waals surface area contributed by atoms with Crippen LogP contribution in [0, 0.1) is 13.8 Å². The zero-order chi connectivity index (χ0) is 19.8. The van der Waals surface area contributed by atoms with Crippen molar-refractivity contribution in [1.29, 1.82) is 0 Å². The number of carbonyl (C=O) groups is 1. The average molecular weight is 378 g/mol. The first kappa shape index (κ1) is 17.8. The lowest BCUT2D eigenvalue weighted by molar-refractivity contribution is 0.102. The number of rotatable bonds is 5. The number of fused-ring (bicyclic) bond motifs is 1. The number of aromatic nitrogens is 5. The number of nitrogens with zero attached hydrogens (tertiary/aromatic N) is 4. The van der Waals surface area contributed by atoms with Crippen LogP contribution in [0.5, 0.6) is 5.75 Å². The van der Waals surface area contributed by atoms with E-state index in [-0.39, 0.29) is 5.91 Å². The summed E-state index contributed by atoms with van der Waals surface area (Å²) in [5, 5.41) is 7.27. The molecule has 4 rings (SSSR count). The molecule has 0 saturated carbocycles. The number of anilines is 1. The van der Waals surface area contributed by atoms with Crippen molar-refractivity contribution < 1.29 is 9.53 Å². The SMILES string of the molecule is COc1ccc2nc(NC(=O)c3cc(C)n(Cc4ccn(C)n4)c3C)[nH]c2c1. The van der Waals surface area contributed by atoms with E-state index in [4.69, 9.17) is 4.74 Å². The van der Waals surface area contributed by atoms with Crippen molar-refractivity contribution in [3.8, 4) is 5.75 Å². The molecule has 144 valence electrons. The molecule has 0 aliphatic heterocycles. The topological polar surface area (TPSA) is 89.8 Å². The van der Waals surface area contributed by atoms with Gasteiger partial charge in [-0.2, -0.15) is 5.10 Å². The minimum Gasteiger partial charge on any atom is -0.497 e. The lowest BCUT2D eigenvalue weighted by Crippen LogP contribution is -2.14. The number of hydrogen-bond donors (Lipinski definition) is 2. The van der Waals surface area contributed by atoms with Crippen LogP contribution in [0.1, 0.15) is 27.4 Å². The molecule has 28 heavy (non-hydrogen) atoms. The molecule has 8 nitrogen and oxygen atoms in total. The number of methoxy groups -OCH3 is 1. The van der Waals surface area contributed by atoms with Gasteiger partial charge in [-0.15, -0.1) is 0 Å². The van der Waals surface area contributed by atoms with Gasteiger partial charge < -0.3 is 14.3 Å². The van der Waals surface area contributed by atoms with Gasteiger partial charge in [0, 0.05) is 30.7 Å². The second-order valence-corrected chi connectivity index (χ2v) is 6.77. The number of nitrogens with one attached hydrogen (secondary N) is 2. The maximum atomic E-state index is 12.8. The first-order valence-corrected chi connectivity index (χ1v) is 8.95. The van der Waals surface area contributed by atoms with Gasteiger partial charge in [-0.1, -0.05) is 0 Å². The summed E-state index contributed by atoms with van der Waals surface area (Å²) in [5.74, 6) is 0.932. The Morgan fingerprint density at radius 3 is 2.79 bits per heavy atom. The van der Waals surface area contributed by atoms with Gasteiger partial charge in [0.05, 0.1) is 35.9 Å². The number of imidazole rings is 1. The number of hydrogen-bond acceptors (Lipinski definition) is 4. The van der Waals surface area contributed by atoms with E-state index in [9.17, 15) is 4.79 Å². The highest BCUT2D eigenvalue weighted by atomic mass is 16.5. The Labute approximate surface area is 162 Å². The van der Waals surface area contributed by atoms with Crippen molar-refractivity contribution >= 4 is 22.9 Å². The summed E-state index contributed by atoms with van der Waals surface area (Å²) in [7, 11) is 3.50. The number of aryl methyl sites for hydroxylation is 2. The molecule has 0 radical (unpaired) electrons. The molecule has 0 spiro atoms. The van der Waals surface area contributed by atoms with Crippen LogP contribution in [0.4, 0.5) is 5.95 Å². The molecule has 0 unspecified atom stereocenters. The normalized spacial score (nSPS) is 11.1. The Hall–Kier alpha value is -3.55. The predicted octanol–water partition coefficient (Wildman–Crippen LogP) is 3.02. The van der Waals surface area contributed by atoms with Crippen molar-refractivity contribution in [2.45, 2.75) is 20.4 Å². The van der Waals surface area contributed by atoms with Crippen molar-refractivity contribution in [2.75, 3.05) is 12.4 Å². The van der Waals surface area contributed by atoms with E-state index in [2.05, 4.69) is 25.0 Å². The Morgan fingerprint density at radius 2 is 2.07 bits per heavy atom. The van der Waals surface area contributed by atoms with Gasteiger partial charge in [-0.3, -0.25) is 14.8 Å². The summed E-state index contributed by atoms with van der Waals surface area (Å²) in [5.41, 5.74) is 5.02. The molecule has 0 saturated heterocycles. The molecule has 0 bridgehead atoms. The molecule has 1 aromatic carbocycles. The van der Waals surface area contributed by atoms with E-state index < -0.39 is 0 Å².